The maximum absolute atomic E-state index is 14.0. The molecule has 0 aliphatic heterocycles. The minimum atomic E-state index is -0.582. The summed E-state index contributed by atoms with van der Waals surface area (Å²) in [4.78, 5) is 15.8. The first-order valence-electron chi connectivity index (χ1n) is 6.46. The van der Waals surface area contributed by atoms with Crippen molar-refractivity contribution in [1.82, 2.24) is 4.98 Å². The summed E-state index contributed by atoms with van der Waals surface area (Å²) in [6, 6.07) is 4.24. The summed E-state index contributed by atoms with van der Waals surface area (Å²) < 4.78 is 18.9. The van der Waals surface area contributed by atoms with Crippen LogP contribution in [0.2, 0.25) is 0 Å². The minimum Gasteiger partial charge on any atom is -0.462 e. The standard InChI is InChI=1S/C15H16FN3O2/c1-3-21-15(20)10-6-13(11(16)7-12(10)17)19-14-8-18-5-4-9(14)2/h4-8,19H,3,17H2,1-2H3. The Morgan fingerprint density at radius 2 is 2.19 bits per heavy atom. The van der Waals surface area contributed by atoms with Gasteiger partial charge in [-0.25, -0.2) is 9.18 Å². The lowest BCUT2D eigenvalue weighted by Gasteiger charge is -2.12. The molecule has 0 spiro atoms. The van der Waals surface area contributed by atoms with Crippen LogP contribution in [0.3, 0.4) is 0 Å². The zero-order chi connectivity index (χ0) is 15.4. The molecular formula is C15H16FN3O2. The lowest BCUT2D eigenvalue weighted by atomic mass is 10.1. The van der Waals surface area contributed by atoms with Gasteiger partial charge in [0.05, 0.1) is 29.7 Å². The molecule has 110 valence electrons. The molecule has 1 heterocycles. The Hall–Kier alpha value is -2.63. The molecule has 0 aliphatic carbocycles. The Morgan fingerprint density at radius 3 is 2.86 bits per heavy atom. The highest BCUT2D eigenvalue weighted by Crippen LogP contribution is 2.26. The molecule has 21 heavy (non-hydrogen) atoms. The highest BCUT2D eigenvalue weighted by molar-refractivity contribution is 5.96. The van der Waals surface area contributed by atoms with E-state index in [2.05, 4.69) is 10.3 Å². The van der Waals surface area contributed by atoms with Crippen molar-refractivity contribution in [3.8, 4) is 0 Å². The van der Waals surface area contributed by atoms with E-state index in [1.165, 1.54) is 6.07 Å². The van der Waals surface area contributed by atoms with Crippen LogP contribution < -0.4 is 11.1 Å². The van der Waals surface area contributed by atoms with Crippen LogP contribution >= 0.6 is 0 Å². The van der Waals surface area contributed by atoms with Crippen LogP contribution in [0.25, 0.3) is 0 Å². The number of nitrogens with zero attached hydrogens (tertiary/aromatic N) is 1. The van der Waals surface area contributed by atoms with Crippen LogP contribution in [-0.2, 0) is 4.74 Å². The molecule has 6 heteroatoms. The van der Waals surface area contributed by atoms with Gasteiger partial charge in [0.2, 0.25) is 0 Å². The van der Waals surface area contributed by atoms with Gasteiger partial charge >= 0.3 is 5.97 Å². The van der Waals surface area contributed by atoms with E-state index in [4.69, 9.17) is 10.5 Å². The third-order valence-corrected chi connectivity index (χ3v) is 2.94. The fraction of sp³-hybridized carbons (Fsp3) is 0.200. The van der Waals surface area contributed by atoms with Crippen molar-refractivity contribution in [2.75, 3.05) is 17.7 Å². The van der Waals surface area contributed by atoms with Gasteiger partial charge in [0.1, 0.15) is 5.82 Å². The summed E-state index contributed by atoms with van der Waals surface area (Å²) in [7, 11) is 0. The van der Waals surface area contributed by atoms with E-state index in [-0.39, 0.29) is 23.5 Å². The number of halogens is 1. The number of benzene rings is 1. The maximum atomic E-state index is 14.0. The number of ether oxygens (including phenoxy) is 1. The van der Waals surface area contributed by atoms with Gasteiger partial charge < -0.3 is 15.8 Å². The fourth-order valence-electron chi connectivity index (χ4n) is 1.81. The highest BCUT2D eigenvalue weighted by atomic mass is 19.1. The van der Waals surface area contributed by atoms with Crippen molar-refractivity contribution in [3.05, 3.63) is 47.5 Å². The molecule has 0 atom stereocenters. The third kappa shape index (κ3) is 3.28. The van der Waals surface area contributed by atoms with E-state index in [0.717, 1.165) is 11.6 Å². The minimum absolute atomic E-state index is 0.0411. The summed E-state index contributed by atoms with van der Waals surface area (Å²) >= 11 is 0. The summed E-state index contributed by atoms with van der Waals surface area (Å²) in [5.74, 6) is -1.13. The SMILES string of the molecule is CCOC(=O)c1cc(Nc2cnccc2C)c(F)cc1N. The van der Waals surface area contributed by atoms with E-state index in [1.54, 1.807) is 25.4 Å². The zero-order valence-electron chi connectivity index (χ0n) is 11.8. The van der Waals surface area contributed by atoms with Crippen LogP contribution in [0.4, 0.5) is 21.5 Å². The molecule has 0 bridgehead atoms. The second kappa shape index (κ2) is 6.21. The number of nitrogens with two attached hydrogens (primary N) is 1. The van der Waals surface area contributed by atoms with Gasteiger partial charge in [0.25, 0.3) is 0 Å². The number of esters is 1. The smallest absolute Gasteiger partial charge is 0.340 e. The van der Waals surface area contributed by atoms with Crippen LogP contribution in [0, 0.1) is 12.7 Å². The monoisotopic (exact) mass is 289 g/mol. The topological polar surface area (TPSA) is 77.2 Å². The molecule has 0 amide bonds. The normalized spacial score (nSPS) is 10.2. The second-order valence-corrected chi connectivity index (χ2v) is 4.46. The number of hydrogen-bond donors (Lipinski definition) is 2. The number of hydrogen-bond acceptors (Lipinski definition) is 5. The first-order valence-corrected chi connectivity index (χ1v) is 6.46. The summed E-state index contributed by atoms with van der Waals surface area (Å²) in [6.45, 7) is 3.78. The van der Waals surface area contributed by atoms with Crippen LogP contribution in [-0.4, -0.2) is 17.6 Å². The van der Waals surface area contributed by atoms with Crippen LogP contribution in [0.1, 0.15) is 22.8 Å². The third-order valence-electron chi connectivity index (χ3n) is 2.94. The summed E-state index contributed by atoms with van der Waals surface area (Å²) in [6.07, 6.45) is 3.22. The van der Waals surface area contributed by atoms with E-state index in [0.29, 0.717) is 5.69 Å². The molecule has 2 aromatic rings. The molecule has 0 fully saturated rings. The highest BCUT2D eigenvalue weighted by Gasteiger charge is 2.15. The predicted molar refractivity (Wildman–Crippen MR) is 79.0 cm³/mol. The van der Waals surface area contributed by atoms with Gasteiger partial charge in [-0.1, -0.05) is 0 Å². The number of pyridine rings is 1. The number of nitrogens with one attached hydrogen (secondary N) is 1. The Bertz CT molecular complexity index is 674. The Balaban J connectivity index is 2.38. The molecule has 1 aromatic heterocycles. The molecule has 2 rings (SSSR count). The number of carbonyl (C=O) groups excluding carboxylic acids is 1. The average molecular weight is 289 g/mol. The van der Waals surface area contributed by atoms with Gasteiger partial charge in [0, 0.05) is 11.9 Å². The van der Waals surface area contributed by atoms with Crippen LogP contribution in [0.15, 0.2) is 30.6 Å². The largest absolute Gasteiger partial charge is 0.462 e. The van der Waals surface area contributed by atoms with Gasteiger partial charge in [0.15, 0.2) is 0 Å². The van der Waals surface area contributed by atoms with E-state index in [1.807, 2.05) is 6.92 Å². The number of aryl methyl sites for hydroxylation is 1. The molecule has 1 aromatic carbocycles. The van der Waals surface area contributed by atoms with E-state index in [9.17, 15) is 9.18 Å². The van der Waals surface area contributed by atoms with Gasteiger partial charge in [-0.05, 0) is 37.6 Å². The van der Waals surface area contributed by atoms with Crippen molar-refractivity contribution >= 4 is 23.0 Å². The average Bonchev–Trinajstić information content (AvgIpc) is 2.44. The van der Waals surface area contributed by atoms with Crippen molar-refractivity contribution in [2.45, 2.75) is 13.8 Å². The Labute approximate surface area is 121 Å². The molecular weight excluding hydrogens is 273 g/mol. The molecule has 0 saturated carbocycles. The number of carbonyl (C=O) groups is 1. The molecule has 0 aliphatic rings. The molecule has 0 radical (unpaired) electrons. The predicted octanol–water partition coefficient (Wildman–Crippen LogP) is 3.03. The first-order chi connectivity index (χ1) is 10.0. The van der Waals surface area contributed by atoms with E-state index >= 15 is 0 Å². The molecule has 0 unspecified atom stereocenters. The molecule has 3 N–H and O–H groups in total. The quantitative estimate of drug-likeness (QED) is 0.668. The summed E-state index contributed by atoms with van der Waals surface area (Å²) in [5, 5.41) is 2.90. The molecule has 5 nitrogen and oxygen atoms in total. The van der Waals surface area contributed by atoms with Gasteiger partial charge in [-0.15, -0.1) is 0 Å². The molecule has 0 saturated heterocycles. The van der Waals surface area contributed by atoms with Crippen LogP contribution in [0.5, 0.6) is 0 Å². The Morgan fingerprint density at radius 1 is 1.43 bits per heavy atom. The number of nitrogen functional groups attached to an aromatic ring is 1. The lowest BCUT2D eigenvalue weighted by Crippen LogP contribution is -2.09. The lowest BCUT2D eigenvalue weighted by molar-refractivity contribution is 0.0527. The zero-order valence-corrected chi connectivity index (χ0v) is 11.8. The number of anilines is 3. The van der Waals surface area contributed by atoms with Gasteiger partial charge in [-0.3, -0.25) is 4.98 Å². The first kappa shape index (κ1) is 14.8. The number of rotatable bonds is 4. The van der Waals surface area contributed by atoms with Crippen molar-refractivity contribution in [1.29, 1.82) is 0 Å². The number of aromatic nitrogens is 1. The Kier molecular flexibility index (Phi) is 4.37. The second-order valence-electron chi connectivity index (χ2n) is 4.46. The summed E-state index contributed by atoms with van der Waals surface area (Å²) in [5.41, 5.74) is 7.52. The van der Waals surface area contributed by atoms with Crippen molar-refractivity contribution in [3.63, 3.8) is 0 Å². The maximum Gasteiger partial charge on any atom is 0.340 e. The van der Waals surface area contributed by atoms with E-state index < -0.39 is 11.8 Å². The van der Waals surface area contributed by atoms with Gasteiger partial charge in [-0.2, -0.15) is 0 Å². The fourth-order valence-corrected chi connectivity index (χ4v) is 1.81. The van der Waals surface area contributed by atoms with Crippen molar-refractivity contribution < 1.29 is 13.9 Å². The van der Waals surface area contributed by atoms with Crippen molar-refractivity contribution in [2.24, 2.45) is 0 Å².